The van der Waals surface area contributed by atoms with Crippen LogP contribution in [0.3, 0.4) is 0 Å². The van der Waals surface area contributed by atoms with Crippen LogP contribution in [0.1, 0.15) is 37.0 Å². The summed E-state index contributed by atoms with van der Waals surface area (Å²) in [5.41, 5.74) is -0.762. The van der Waals surface area contributed by atoms with Gasteiger partial charge in [-0.15, -0.1) is 0 Å². The minimum Gasteiger partial charge on any atom is -0.382 e. The summed E-state index contributed by atoms with van der Waals surface area (Å²) in [7, 11) is 1.74. The number of aryl methyl sites for hydroxylation is 1. The molecule has 0 fully saturated rings. The van der Waals surface area contributed by atoms with E-state index in [9.17, 15) is 9.90 Å². The standard InChI is InChI=1S/C10H16N2O2/c1-4-10(14,5-2)9(13)8-6-11-12(3)7-8/h6-7,14H,4-5H2,1-3H3. The van der Waals surface area contributed by atoms with Crippen LogP contribution in [0, 0.1) is 0 Å². The van der Waals surface area contributed by atoms with Crippen molar-refractivity contribution >= 4 is 5.78 Å². The van der Waals surface area contributed by atoms with E-state index in [1.54, 1.807) is 31.8 Å². The van der Waals surface area contributed by atoms with Crippen molar-refractivity contribution in [2.75, 3.05) is 0 Å². The van der Waals surface area contributed by atoms with Crippen LogP contribution in [-0.4, -0.2) is 26.3 Å². The molecule has 0 radical (unpaired) electrons. The van der Waals surface area contributed by atoms with E-state index in [1.165, 1.54) is 6.20 Å². The lowest BCUT2D eigenvalue weighted by atomic mass is 9.89. The van der Waals surface area contributed by atoms with Gasteiger partial charge in [0.05, 0.1) is 11.8 Å². The summed E-state index contributed by atoms with van der Waals surface area (Å²) in [4.78, 5) is 11.8. The maximum absolute atomic E-state index is 11.8. The lowest BCUT2D eigenvalue weighted by Crippen LogP contribution is -2.37. The Morgan fingerprint density at radius 3 is 2.50 bits per heavy atom. The molecule has 0 saturated heterocycles. The van der Waals surface area contributed by atoms with Crippen LogP contribution in [0.2, 0.25) is 0 Å². The molecule has 1 aromatic heterocycles. The number of ketones is 1. The quantitative estimate of drug-likeness (QED) is 0.735. The van der Waals surface area contributed by atoms with Crippen LogP contribution in [-0.2, 0) is 7.05 Å². The minimum atomic E-state index is -1.23. The van der Waals surface area contributed by atoms with Gasteiger partial charge >= 0.3 is 0 Å². The average Bonchev–Trinajstić information content (AvgIpc) is 2.62. The van der Waals surface area contributed by atoms with Crippen molar-refractivity contribution in [2.24, 2.45) is 7.05 Å². The number of carbonyl (C=O) groups is 1. The molecule has 4 heteroatoms. The van der Waals surface area contributed by atoms with Crippen molar-refractivity contribution in [2.45, 2.75) is 32.3 Å². The number of carbonyl (C=O) groups excluding carboxylic acids is 1. The SMILES string of the molecule is CCC(O)(CC)C(=O)c1cnn(C)c1. The first-order valence-corrected chi connectivity index (χ1v) is 4.79. The number of hydrogen-bond acceptors (Lipinski definition) is 3. The molecule has 0 aliphatic rings. The molecule has 0 amide bonds. The highest BCUT2D eigenvalue weighted by atomic mass is 16.3. The number of rotatable bonds is 4. The third-order valence-electron chi connectivity index (χ3n) is 2.56. The van der Waals surface area contributed by atoms with E-state index in [1.807, 2.05) is 0 Å². The Morgan fingerprint density at radius 2 is 2.14 bits per heavy atom. The molecule has 0 aliphatic heterocycles. The summed E-state index contributed by atoms with van der Waals surface area (Å²) in [6, 6.07) is 0. The van der Waals surface area contributed by atoms with E-state index < -0.39 is 5.60 Å². The zero-order valence-electron chi connectivity index (χ0n) is 8.82. The summed E-state index contributed by atoms with van der Waals surface area (Å²) >= 11 is 0. The fourth-order valence-electron chi connectivity index (χ4n) is 1.38. The number of nitrogens with zero attached hydrogens (tertiary/aromatic N) is 2. The van der Waals surface area contributed by atoms with Crippen molar-refractivity contribution in [1.29, 1.82) is 0 Å². The zero-order valence-corrected chi connectivity index (χ0v) is 8.82. The monoisotopic (exact) mass is 196 g/mol. The second-order valence-corrected chi connectivity index (χ2v) is 3.47. The van der Waals surface area contributed by atoms with Crippen LogP contribution >= 0.6 is 0 Å². The number of Topliss-reactive ketones (excluding diaryl/α,β-unsaturated/α-hetero) is 1. The number of aromatic nitrogens is 2. The van der Waals surface area contributed by atoms with Crippen LogP contribution in [0.4, 0.5) is 0 Å². The molecule has 0 spiro atoms. The molecule has 14 heavy (non-hydrogen) atoms. The van der Waals surface area contributed by atoms with Gasteiger partial charge < -0.3 is 5.11 Å². The predicted octanol–water partition coefficient (Wildman–Crippen LogP) is 1.15. The molecule has 0 atom stereocenters. The molecule has 0 aliphatic carbocycles. The lowest BCUT2D eigenvalue weighted by Gasteiger charge is -2.22. The Balaban J connectivity index is 2.94. The van der Waals surface area contributed by atoms with E-state index in [2.05, 4.69) is 5.10 Å². The fourth-order valence-corrected chi connectivity index (χ4v) is 1.38. The van der Waals surface area contributed by atoms with Crippen LogP contribution in [0.5, 0.6) is 0 Å². The highest BCUT2D eigenvalue weighted by Gasteiger charge is 2.33. The van der Waals surface area contributed by atoms with Gasteiger partial charge in [-0.2, -0.15) is 5.10 Å². The summed E-state index contributed by atoms with van der Waals surface area (Å²) in [5.74, 6) is -0.240. The molecule has 0 saturated carbocycles. The first kappa shape index (κ1) is 10.9. The van der Waals surface area contributed by atoms with Crippen molar-refractivity contribution in [3.8, 4) is 0 Å². The van der Waals surface area contributed by atoms with Crippen LogP contribution < -0.4 is 0 Å². The molecule has 1 aromatic rings. The molecule has 1 N–H and O–H groups in total. The van der Waals surface area contributed by atoms with E-state index in [0.717, 1.165) is 0 Å². The van der Waals surface area contributed by atoms with Crippen molar-refractivity contribution in [3.63, 3.8) is 0 Å². The summed E-state index contributed by atoms with van der Waals surface area (Å²) in [5, 5.41) is 13.9. The minimum absolute atomic E-state index is 0.240. The largest absolute Gasteiger partial charge is 0.382 e. The van der Waals surface area contributed by atoms with Gasteiger partial charge in [0.1, 0.15) is 5.60 Å². The van der Waals surface area contributed by atoms with Gasteiger partial charge in [0.15, 0.2) is 5.78 Å². The Labute approximate surface area is 83.5 Å². The van der Waals surface area contributed by atoms with E-state index in [4.69, 9.17) is 0 Å². The molecular formula is C10H16N2O2. The second kappa shape index (κ2) is 3.92. The number of hydrogen-bond donors (Lipinski definition) is 1. The first-order chi connectivity index (χ1) is 6.53. The lowest BCUT2D eigenvalue weighted by molar-refractivity contribution is 0.0277. The molecule has 0 bridgehead atoms. The van der Waals surface area contributed by atoms with E-state index in [0.29, 0.717) is 18.4 Å². The van der Waals surface area contributed by atoms with Gasteiger partial charge in [0, 0.05) is 13.2 Å². The molecular weight excluding hydrogens is 180 g/mol. The van der Waals surface area contributed by atoms with E-state index in [-0.39, 0.29) is 5.78 Å². The summed E-state index contributed by atoms with van der Waals surface area (Å²) < 4.78 is 1.55. The molecule has 0 unspecified atom stereocenters. The Hall–Kier alpha value is -1.16. The van der Waals surface area contributed by atoms with Crippen molar-refractivity contribution in [3.05, 3.63) is 18.0 Å². The highest BCUT2D eigenvalue weighted by Crippen LogP contribution is 2.20. The van der Waals surface area contributed by atoms with Gasteiger partial charge in [0.25, 0.3) is 0 Å². The van der Waals surface area contributed by atoms with Gasteiger partial charge in [-0.05, 0) is 12.8 Å². The van der Waals surface area contributed by atoms with Gasteiger partial charge in [0.2, 0.25) is 0 Å². The van der Waals surface area contributed by atoms with Crippen molar-refractivity contribution in [1.82, 2.24) is 9.78 Å². The maximum atomic E-state index is 11.8. The zero-order chi connectivity index (χ0) is 10.8. The third-order valence-corrected chi connectivity index (χ3v) is 2.56. The molecule has 1 heterocycles. The van der Waals surface area contributed by atoms with Crippen molar-refractivity contribution < 1.29 is 9.90 Å². The second-order valence-electron chi connectivity index (χ2n) is 3.47. The van der Waals surface area contributed by atoms with Gasteiger partial charge in [-0.3, -0.25) is 9.48 Å². The van der Waals surface area contributed by atoms with Crippen LogP contribution in [0.25, 0.3) is 0 Å². The Morgan fingerprint density at radius 1 is 1.57 bits per heavy atom. The molecule has 4 nitrogen and oxygen atoms in total. The predicted molar refractivity (Wildman–Crippen MR) is 53.1 cm³/mol. The fraction of sp³-hybridized carbons (Fsp3) is 0.600. The average molecular weight is 196 g/mol. The van der Waals surface area contributed by atoms with E-state index >= 15 is 0 Å². The van der Waals surface area contributed by atoms with Gasteiger partial charge in [-0.25, -0.2) is 0 Å². The molecule has 78 valence electrons. The highest BCUT2D eigenvalue weighted by molar-refractivity contribution is 6.01. The van der Waals surface area contributed by atoms with Gasteiger partial charge in [-0.1, -0.05) is 13.8 Å². The normalized spacial score (nSPS) is 11.7. The smallest absolute Gasteiger partial charge is 0.197 e. The summed E-state index contributed by atoms with van der Waals surface area (Å²) in [6.45, 7) is 3.61. The Bertz CT molecular complexity index is 327. The number of aliphatic hydroxyl groups is 1. The summed E-state index contributed by atoms with van der Waals surface area (Å²) in [6.07, 6.45) is 3.96. The molecule has 1 rings (SSSR count). The van der Waals surface area contributed by atoms with Crippen LogP contribution in [0.15, 0.2) is 12.4 Å². The topological polar surface area (TPSA) is 55.1 Å². The third kappa shape index (κ3) is 1.85. The Kier molecular flexibility index (Phi) is 3.06. The first-order valence-electron chi connectivity index (χ1n) is 4.79. The molecule has 0 aromatic carbocycles. The maximum Gasteiger partial charge on any atom is 0.197 e.